The molecule has 10 aromatic rings. The van der Waals surface area contributed by atoms with Crippen LogP contribution in [0.25, 0.3) is 98.5 Å². The molecule has 0 aliphatic carbocycles. The van der Waals surface area contributed by atoms with E-state index < -0.39 is 0 Å². The van der Waals surface area contributed by atoms with Crippen molar-refractivity contribution in [1.29, 1.82) is 0 Å². The molecule has 0 aliphatic heterocycles. The third kappa shape index (κ3) is 4.71. The minimum absolute atomic E-state index is 0.603. The van der Waals surface area contributed by atoms with Gasteiger partial charge in [-0.1, -0.05) is 133 Å². The van der Waals surface area contributed by atoms with Gasteiger partial charge < -0.3 is 4.42 Å². The highest BCUT2D eigenvalue weighted by molar-refractivity contribution is 7.26. The van der Waals surface area contributed by atoms with Crippen LogP contribution in [0.1, 0.15) is 0 Å². The molecule has 234 valence electrons. The highest BCUT2D eigenvalue weighted by Crippen LogP contribution is 2.44. The van der Waals surface area contributed by atoms with Crippen molar-refractivity contribution in [2.75, 3.05) is 0 Å². The summed E-state index contributed by atoms with van der Waals surface area (Å²) in [4.78, 5) is 15.5. The quantitative estimate of drug-likeness (QED) is 0.185. The summed E-state index contributed by atoms with van der Waals surface area (Å²) in [5, 5.41) is 4.44. The largest absolute Gasteiger partial charge is 0.455 e. The molecule has 3 aromatic heterocycles. The number of nitrogens with zero attached hydrogens (tertiary/aromatic N) is 3. The van der Waals surface area contributed by atoms with E-state index in [9.17, 15) is 0 Å². The summed E-state index contributed by atoms with van der Waals surface area (Å²) in [7, 11) is 0. The van der Waals surface area contributed by atoms with Gasteiger partial charge in [0, 0.05) is 53.2 Å². The third-order valence-corrected chi connectivity index (χ3v) is 10.6. The van der Waals surface area contributed by atoms with Crippen molar-refractivity contribution in [3.63, 3.8) is 0 Å². The molecule has 0 aliphatic rings. The van der Waals surface area contributed by atoms with E-state index in [0.29, 0.717) is 17.5 Å². The molecule has 5 heteroatoms. The van der Waals surface area contributed by atoms with Crippen molar-refractivity contribution in [2.24, 2.45) is 0 Å². The molecule has 0 saturated carbocycles. The number of thiophene rings is 1. The lowest BCUT2D eigenvalue weighted by molar-refractivity contribution is 0.670. The Morgan fingerprint density at radius 2 is 1.00 bits per heavy atom. The Morgan fingerprint density at radius 3 is 1.78 bits per heavy atom. The fourth-order valence-electron chi connectivity index (χ4n) is 7.00. The fraction of sp³-hybridized carbons (Fsp3) is 0. The first-order chi connectivity index (χ1) is 24.8. The molecule has 10 rings (SSSR count). The number of fused-ring (bicyclic) bond motifs is 6. The summed E-state index contributed by atoms with van der Waals surface area (Å²) in [6.07, 6.45) is 0. The van der Waals surface area contributed by atoms with Gasteiger partial charge >= 0.3 is 0 Å². The number of hydrogen-bond donors (Lipinski definition) is 0. The zero-order chi connectivity index (χ0) is 33.0. The van der Waals surface area contributed by atoms with Crippen LogP contribution in [0.2, 0.25) is 0 Å². The molecule has 0 saturated heterocycles. The number of hydrogen-bond acceptors (Lipinski definition) is 5. The van der Waals surface area contributed by atoms with E-state index in [1.807, 2.05) is 42.5 Å². The summed E-state index contributed by atoms with van der Waals surface area (Å²) in [5.41, 5.74) is 8.85. The van der Waals surface area contributed by atoms with Gasteiger partial charge in [0.2, 0.25) is 0 Å². The monoisotopic (exact) mass is 657 g/mol. The van der Waals surface area contributed by atoms with Crippen molar-refractivity contribution in [2.45, 2.75) is 0 Å². The first kappa shape index (κ1) is 28.6. The molecular weight excluding hydrogens is 631 g/mol. The lowest BCUT2D eigenvalue weighted by Gasteiger charge is -2.10. The van der Waals surface area contributed by atoms with E-state index in [-0.39, 0.29) is 0 Å². The summed E-state index contributed by atoms with van der Waals surface area (Å²) >= 11 is 1.78. The highest BCUT2D eigenvalue weighted by atomic mass is 32.1. The average molecular weight is 658 g/mol. The molecule has 0 unspecified atom stereocenters. The van der Waals surface area contributed by atoms with Crippen LogP contribution in [0.5, 0.6) is 0 Å². The molecule has 0 bridgehead atoms. The maximum absolute atomic E-state index is 6.74. The third-order valence-electron chi connectivity index (χ3n) is 9.34. The van der Waals surface area contributed by atoms with Crippen LogP contribution in [-0.2, 0) is 0 Å². The van der Waals surface area contributed by atoms with E-state index in [2.05, 4.69) is 121 Å². The van der Waals surface area contributed by atoms with E-state index in [1.165, 1.54) is 15.5 Å². The van der Waals surface area contributed by atoms with Gasteiger partial charge in [-0.2, -0.15) is 0 Å². The molecule has 7 aromatic carbocycles. The predicted molar refractivity (Wildman–Crippen MR) is 207 cm³/mol. The Kier molecular flexibility index (Phi) is 6.64. The maximum Gasteiger partial charge on any atom is 0.165 e. The molecule has 0 spiro atoms. The number of aromatic nitrogens is 3. The standard InChI is InChI=1S/C45H27N3OS/c1-4-14-28(15-5-1)31-26-36(29-16-6-2-7-17-29)41-37(27-31)40-34(22-13-24-38(40)49-41)44-46-43(30-18-8-3-9-19-30)47-45(48-44)35-23-12-21-33-32-20-10-11-25-39(32)50-42(33)35/h1-27H. The van der Waals surface area contributed by atoms with Gasteiger partial charge in [0.25, 0.3) is 0 Å². The highest BCUT2D eigenvalue weighted by Gasteiger charge is 2.21. The molecule has 0 fully saturated rings. The van der Waals surface area contributed by atoms with Crippen LogP contribution >= 0.6 is 11.3 Å². The second-order valence-corrected chi connectivity index (χ2v) is 13.4. The fourth-order valence-corrected chi connectivity index (χ4v) is 8.21. The molecule has 0 N–H and O–H groups in total. The normalized spacial score (nSPS) is 11.6. The summed E-state index contributed by atoms with van der Waals surface area (Å²) < 4.78 is 9.15. The Morgan fingerprint density at radius 1 is 0.400 bits per heavy atom. The zero-order valence-corrected chi connectivity index (χ0v) is 27.6. The van der Waals surface area contributed by atoms with E-state index in [0.717, 1.165) is 65.6 Å². The van der Waals surface area contributed by atoms with Gasteiger partial charge in [0.15, 0.2) is 17.5 Å². The number of benzene rings is 7. The van der Waals surface area contributed by atoms with Crippen molar-refractivity contribution in [1.82, 2.24) is 15.0 Å². The Balaban J connectivity index is 1.27. The molecule has 0 amide bonds. The van der Waals surface area contributed by atoms with Crippen molar-refractivity contribution >= 4 is 53.4 Å². The molecular formula is C45H27N3OS. The van der Waals surface area contributed by atoms with Gasteiger partial charge in [-0.3, -0.25) is 0 Å². The van der Waals surface area contributed by atoms with Gasteiger partial charge in [-0.05, 0) is 47.0 Å². The van der Waals surface area contributed by atoms with Crippen LogP contribution in [0.4, 0.5) is 0 Å². The van der Waals surface area contributed by atoms with Gasteiger partial charge in [-0.15, -0.1) is 11.3 Å². The SMILES string of the molecule is c1ccc(-c2cc(-c3ccccc3)c3oc4cccc(-c5nc(-c6ccccc6)nc(-c6cccc7c6sc6ccccc67)n5)c4c3c2)cc1. The van der Waals surface area contributed by atoms with E-state index in [1.54, 1.807) is 11.3 Å². The lowest BCUT2D eigenvalue weighted by Crippen LogP contribution is -2.00. The molecule has 0 atom stereocenters. The van der Waals surface area contributed by atoms with E-state index in [4.69, 9.17) is 19.4 Å². The second kappa shape index (κ2) is 11.6. The van der Waals surface area contributed by atoms with Gasteiger partial charge in [0.05, 0.1) is 0 Å². The average Bonchev–Trinajstić information content (AvgIpc) is 3.77. The van der Waals surface area contributed by atoms with Crippen LogP contribution in [0.15, 0.2) is 168 Å². The lowest BCUT2D eigenvalue weighted by atomic mass is 9.95. The zero-order valence-electron chi connectivity index (χ0n) is 26.7. The first-order valence-corrected chi connectivity index (χ1v) is 17.4. The Hall–Kier alpha value is -6.43. The van der Waals surface area contributed by atoms with Crippen molar-refractivity contribution in [3.05, 3.63) is 164 Å². The minimum Gasteiger partial charge on any atom is -0.455 e. The first-order valence-electron chi connectivity index (χ1n) is 16.6. The smallest absolute Gasteiger partial charge is 0.165 e. The van der Waals surface area contributed by atoms with Crippen molar-refractivity contribution < 1.29 is 4.42 Å². The number of rotatable bonds is 5. The minimum atomic E-state index is 0.603. The van der Waals surface area contributed by atoms with Crippen LogP contribution in [0.3, 0.4) is 0 Å². The second-order valence-electron chi connectivity index (χ2n) is 12.4. The van der Waals surface area contributed by atoms with Crippen molar-refractivity contribution in [3.8, 4) is 56.4 Å². The predicted octanol–water partition coefficient (Wildman–Crippen LogP) is 12.5. The van der Waals surface area contributed by atoms with Gasteiger partial charge in [0.1, 0.15) is 11.2 Å². The molecule has 4 nitrogen and oxygen atoms in total. The maximum atomic E-state index is 6.74. The number of furan rings is 1. The molecule has 50 heavy (non-hydrogen) atoms. The van der Waals surface area contributed by atoms with Crippen LogP contribution in [-0.4, -0.2) is 15.0 Å². The van der Waals surface area contributed by atoms with E-state index >= 15 is 0 Å². The topological polar surface area (TPSA) is 51.8 Å². The molecule has 0 radical (unpaired) electrons. The Labute approximate surface area is 292 Å². The molecule has 3 heterocycles. The van der Waals surface area contributed by atoms with Crippen LogP contribution in [0, 0.1) is 0 Å². The Bertz CT molecular complexity index is 2860. The van der Waals surface area contributed by atoms with Gasteiger partial charge in [-0.25, -0.2) is 15.0 Å². The summed E-state index contributed by atoms with van der Waals surface area (Å²) in [5.74, 6) is 1.88. The summed E-state index contributed by atoms with van der Waals surface area (Å²) in [6, 6.07) is 56.7. The summed E-state index contributed by atoms with van der Waals surface area (Å²) in [6.45, 7) is 0. The van der Waals surface area contributed by atoms with Crippen LogP contribution < -0.4 is 0 Å².